The SMILES string of the molecule is C=C(C)[C@@H]1CCC(C)=C[C@H]1C1=C(O)C(=O)C(CCCCC)=CC1=O. The molecular formula is C21H28O3. The van der Waals surface area contributed by atoms with Gasteiger partial charge in [0.15, 0.2) is 11.5 Å². The first-order valence-electron chi connectivity index (χ1n) is 8.92. The van der Waals surface area contributed by atoms with Gasteiger partial charge in [-0.15, -0.1) is 0 Å². The highest BCUT2D eigenvalue weighted by Gasteiger charge is 2.37. The third kappa shape index (κ3) is 3.77. The molecule has 0 spiro atoms. The second-order valence-corrected chi connectivity index (χ2v) is 7.11. The van der Waals surface area contributed by atoms with Crippen molar-refractivity contribution in [2.45, 2.75) is 59.3 Å². The van der Waals surface area contributed by atoms with Gasteiger partial charge < -0.3 is 5.11 Å². The minimum atomic E-state index is -0.377. The van der Waals surface area contributed by atoms with E-state index in [0.29, 0.717) is 12.0 Å². The Balaban J connectivity index is 2.33. The number of allylic oxidation sites excluding steroid dienone is 6. The van der Waals surface area contributed by atoms with Gasteiger partial charge in [0, 0.05) is 11.5 Å². The second-order valence-electron chi connectivity index (χ2n) is 7.11. The van der Waals surface area contributed by atoms with Crippen LogP contribution in [0.1, 0.15) is 59.3 Å². The highest BCUT2D eigenvalue weighted by Crippen LogP contribution is 2.40. The number of aliphatic hydroxyl groups is 1. The Kier molecular flexibility index (Phi) is 5.98. The molecule has 2 aliphatic carbocycles. The fourth-order valence-electron chi connectivity index (χ4n) is 3.67. The fraction of sp³-hybridized carbons (Fsp3) is 0.524. The van der Waals surface area contributed by atoms with Gasteiger partial charge in [0.1, 0.15) is 0 Å². The summed E-state index contributed by atoms with van der Waals surface area (Å²) in [5.41, 5.74) is 2.88. The first-order chi connectivity index (χ1) is 11.4. The summed E-state index contributed by atoms with van der Waals surface area (Å²) < 4.78 is 0. The lowest BCUT2D eigenvalue weighted by atomic mass is 9.71. The maximum Gasteiger partial charge on any atom is 0.223 e. The molecule has 2 aliphatic rings. The molecule has 0 fully saturated rings. The van der Waals surface area contributed by atoms with Crippen LogP contribution in [0.15, 0.2) is 46.8 Å². The molecule has 2 atom stereocenters. The zero-order chi connectivity index (χ0) is 17.9. The fourth-order valence-corrected chi connectivity index (χ4v) is 3.67. The number of unbranched alkanes of at least 4 members (excludes halogenated alkanes) is 2. The van der Waals surface area contributed by atoms with E-state index in [1.165, 1.54) is 11.6 Å². The lowest BCUT2D eigenvalue weighted by Gasteiger charge is -2.32. The maximum absolute atomic E-state index is 12.7. The van der Waals surface area contributed by atoms with Gasteiger partial charge in [-0.3, -0.25) is 9.59 Å². The van der Waals surface area contributed by atoms with Crippen molar-refractivity contribution in [3.05, 3.63) is 46.8 Å². The van der Waals surface area contributed by atoms with E-state index in [0.717, 1.165) is 37.7 Å². The van der Waals surface area contributed by atoms with E-state index in [1.807, 2.05) is 19.9 Å². The topological polar surface area (TPSA) is 54.4 Å². The van der Waals surface area contributed by atoms with Crippen molar-refractivity contribution >= 4 is 11.6 Å². The van der Waals surface area contributed by atoms with Crippen molar-refractivity contribution < 1.29 is 14.7 Å². The molecule has 0 saturated heterocycles. The number of hydrogen-bond donors (Lipinski definition) is 1. The molecule has 0 aromatic rings. The molecule has 0 radical (unpaired) electrons. The minimum absolute atomic E-state index is 0.0950. The van der Waals surface area contributed by atoms with Crippen molar-refractivity contribution in [2.24, 2.45) is 11.8 Å². The van der Waals surface area contributed by atoms with Crippen LogP contribution in [0.5, 0.6) is 0 Å². The van der Waals surface area contributed by atoms with Gasteiger partial charge in [-0.1, -0.05) is 43.6 Å². The molecule has 0 aromatic carbocycles. The molecule has 130 valence electrons. The van der Waals surface area contributed by atoms with Gasteiger partial charge in [-0.2, -0.15) is 0 Å². The highest BCUT2D eigenvalue weighted by molar-refractivity contribution is 6.22. The van der Waals surface area contributed by atoms with Crippen LogP contribution in [0, 0.1) is 11.8 Å². The molecule has 0 saturated carbocycles. The first-order valence-corrected chi connectivity index (χ1v) is 8.92. The third-order valence-corrected chi connectivity index (χ3v) is 5.10. The summed E-state index contributed by atoms with van der Waals surface area (Å²) in [7, 11) is 0. The normalized spacial score (nSPS) is 24.8. The molecular weight excluding hydrogens is 300 g/mol. The number of ketones is 2. The van der Waals surface area contributed by atoms with Crippen molar-refractivity contribution in [2.75, 3.05) is 0 Å². The lowest BCUT2D eigenvalue weighted by Crippen LogP contribution is -2.29. The third-order valence-electron chi connectivity index (χ3n) is 5.10. The average molecular weight is 328 g/mol. The van der Waals surface area contributed by atoms with Crippen LogP contribution in [0.3, 0.4) is 0 Å². The molecule has 0 aliphatic heterocycles. The molecule has 3 nitrogen and oxygen atoms in total. The Morgan fingerprint density at radius 2 is 2.04 bits per heavy atom. The number of rotatable bonds is 6. The van der Waals surface area contributed by atoms with Crippen LogP contribution in [0.4, 0.5) is 0 Å². The summed E-state index contributed by atoms with van der Waals surface area (Å²) in [6, 6.07) is 0. The average Bonchev–Trinajstić information content (AvgIpc) is 2.52. The predicted molar refractivity (Wildman–Crippen MR) is 96.7 cm³/mol. The van der Waals surface area contributed by atoms with E-state index in [4.69, 9.17) is 0 Å². The Morgan fingerprint density at radius 3 is 2.67 bits per heavy atom. The zero-order valence-corrected chi connectivity index (χ0v) is 15.0. The number of carbonyl (C=O) groups excluding carboxylic acids is 2. The molecule has 24 heavy (non-hydrogen) atoms. The largest absolute Gasteiger partial charge is 0.504 e. The standard InChI is InChI=1S/C21H28O3/c1-5-6-7-8-15-12-18(22)19(21(24)20(15)23)17-11-14(4)9-10-16(17)13(2)3/h11-12,16-17,24H,2,5-10H2,1,3-4H3/t16-,17+/m0/s1. The van der Waals surface area contributed by atoms with E-state index in [2.05, 4.69) is 13.5 Å². The summed E-state index contributed by atoms with van der Waals surface area (Å²) in [5, 5.41) is 10.5. The van der Waals surface area contributed by atoms with Crippen LogP contribution in [-0.2, 0) is 9.59 Å². The van der Waals surface area contributed by atoms with Gasteiger partial charge in [0.05, 0.1) is 5.57 Å². The van der Waals surface area contributed by atoms with Gasteiger partial charge >= 0.3 is 0 Å². The second kappa shape index (κ2) is 7.78. The van der Waals surface area contributed by atoms with E-state index < -0.39 is 0 Å². The summed E-state index contributed by atoms with van der Waals surface area (Å²) in [6.45, 7) is 10.1. The summed E-state index contributed by atoms with van der Waals surface area (Å²) >= 11 is 0. The van der Waals surface area contributed by atoms with Gasteiger partial charge in [0.2, 0.25) is 5.78 Å². The maximum atomic E-state index is 12.7. The zero-order valence-electron chi connectivity index (χ0n) is 15.0. The Bertz CT molecular complexity index is 646. The van der Waals surface area contributed by atoms with Crippen LogP contribution < -0.4 is 0 Å². The molecule has 1 N–H and O–H groups in total. The quantitative estimate of drug-likeness (QED) is 0.424. The van der Waals surface area contributed by atoms with E-state index in [-0.39, 0.29) is 34.7 Å². The predicted octanol–water partition coefficient (Wildman–Crippen LogP) is 5.01. The van der Waals surface area contributed by atoms with E-state index >= 15 is 0 Å². The number of carbonyl (C=O) groups is 2. The molecule has 3 heteroatoms. The monoisotopic (exact) mass is 328 g/mol. The van der Waals surface area contributed by atoms with E-state index in [1.54, 1.807) is 0 Å². The molecule has 2 rings (SSSR count). The van der Waals surface area contributed by atoms with Crippen molar-refractivity contribution in [1.82, 2.24) is 0 Å². The summed E-state index contributed by atoms with van der Waals surface area (Å²) in [4.78, 5) is 25.2. The molecule has 0 unspecified atom stereocenters. The van der Waals surface area contributed by atoms with Crippen LogP contribution in [0.2, 0.25) is 0 Å². The summed E-state index contributed by atoms with van der Waals surface area (Å²) in [5.74, 6) is -1.10. The Labute approximate surface area is 144 Å². The van der Waals surface area contributed by atoms with Gasteiger partial charge in [0.25, 0.3) is 0 Å². The van der Waals surface area contributed by atoms with Crippen molar-refractivity contribution in [1.29, 1.82) is 0 Å². The Morgan fingerprint density at radius 1 is 1.33 bits per heavy atom. The first kappa shape index (κ1) is 18.4. The molecule has 0 bridgehead atoms. The highest BCUT2D eigenvalue weighted by atomic mass is 16.3. The molecule has 0 aromatic heterocycles. The smallest absolute Gasteiger partial charge is 0.223 e. The van der Waals surface area contributed by atoms with Gasteiger partial charge in [-0.25, -0.2) is 0 Å². The van der Waals surface area contributed by atoms with Crippen LogP contribution in [-0.4, -0.2) is 16.7 Å². The van der Waals surface area contributed by atoms with Crippen LogP contribution >= 0.6 is 0 Å². The molecule has 0 amide bonds. The number of aliphatic hydroxyl groups excluding tert-OH is 1. The minimum Gasteiger partial charge on any atom is -0.504 e. The van der Waals surface area contributed by atoms with E-state index in [9.17, 15) is 14.7 Å². The van der Waals surface area contributed by atoms with Crippen LogP contribution in [0.25, 0.3) is 0 Å². The lowest BCUT2D eigenvalue weighted by molar-refractivity contribution is -0.118. The van der Waals surface area contributed by atoms with Crippen molar-refractivity contribution in [3.8, 4) is 0 Å². The van der Waals surface area contributed by atoms with Gasteiger partial charge in [-0.05, 0) is 51.5 Å². The molecule has 0 heterocycles. The Hall–Kier alpha value is -1.90. The number of hydrogen-bond acceptors (Lipinski definition) is 3. The number of Topliss-reactive ketones (excluding diaryl/α,β-unsaturated/α-hetero) is 1. The van der Waals surface area contributed by atoms with Crippen molar-refractivity contribution in [3.63, 3.8) is 0 Å². The summed E-state index contributed by atoms with van der Waals surface area (Å²) in [6.07, 6.45) is 8.80.